The lowest BCUT2D eigenvalue weighted by molar-refractivity contribution is -0.525. The normalized spacial score (nSPS) is 26.9. The number of nitrogens with zero attached hydrogens (tertiary/aromatic N) is 2. The van der Waals surface area contributed by atoms with E-state index in [0.717, 1.165) is 12.8 Å². The molecule has 4 aliphatic rings. The molecule has 0 aromatic heterocycles. The fourth-order valence-corrected chi connectivity index (χ4v) is 6.99. The molecule has 1 amide bonds. The van der Waals surface area contributed by atoms with Gasteiger partial charge in [0, 0.05) is 26.0 Å². The number of hydrazine groups is 1. The Morgan fingerprint density at radius 1 is 1.16 bits per heavy atom. The van der Waals surface area contributed by atoms with Crippen molar-refractivity contribution in [2.75, 3.05) is 46.7 Å². The highest BCUT2D eigenvalue weighted by atomic mass is 16.7. The van der Waals surface area contributed by atoms with Gasteiger partial charge in [0.25, 0.3) is 5.96 Å². The lowest BCUT2D eigenvalue weighted by Gasteiger charge is -2.64. The van der Waals surface area contributed by atoms with E-state index in [9.17, 15) is 19.7 Å². The van der Waals surface area contributed by atoms with Gasteiger partial charge >= 0.3 is 7.12 Å². The number of amides is 1. The number of methoxy groups -OCH3 is 1. The molecule has 0 aromatic carbocycles. The zero-order valence-corrected chi connectivity index (χ0v) is 27.2. The number of guanidine groups is 1. The van der Waals surface area contributed by atoms with E-state index in [4.69, 9.17) is 29.3 Å². The number of ether oxygens (including phenoxy) is 3. The molecule has 0 aromatic rings. The Labute approximate surface area is 261 Å². The van der Waals surface area contributed by atoms with Crippen LogP contribution in [0.2, 0.25) is 0 Å². The van der Waals surface area contributed by atoms with Gasteiger partial charge in [-0.15, -0.1) is 0 Å². The second-order valence-corrected chi connectivity index (χ2v) is 13.5. The minimum absolute atomic E-state index is 0.0139. The number of hydrogen-bond donors (Lipinski definition) is 3. The van der Waals surface area contributed by atoms with Gasteiger partial charge < -0.3 is 34.6 Å². The molecule has 3 aliphatic carbocycles. The van der Waals surface area contributed by atoms with Crippen molar-refractivity contribution in [3.05, 3.63) is 10.1 Å². The summed E-state index contributed by atoms with van der Waals surface area (Å²) in [6, 6.07) is 0. The zero-order valence-electron chi connectivity index (χ0n) is 27.2. The molecule has 4 fully saturated rings. The van der Waals surface area contributed by atoms with Crippen LogP contribution in [0.1, 0.15) is 73.1 Å². The number of nitrogens with one attached hydrogen (secondary N) is 2. The van der Waals surface area contributed by atoms with Crippen LogP contribution in [0.25, 0.3) is 0 Å². The summed E-state index contributed by atoms with van der Waals surface area (Å²) in [6.45, 7) is 12.4. The van der Waals surface area contributed by atoms with E-state index in [1.165, 1.54) is 0 Å². The SMILES string of the molecule is COCCOCCOCC(=O)C[C@@H](CCCN=C(N)N[N+](=O)[O-])C(=O)N[C@@H](CC(C)C)B1O[C@@H]2C[C@H]3C[C@H](C3(C)C)[C@]2(C)O1. The lowest BCUT2D eigenvalue weighted by atomic mass is 9.43. The van der Waals surface area contributed by atoms with E-state index in [1.807, 2.05) is 0 Å². The summed E-state index contributed by atoms with van der Waals surface area (Å²) in [5.41, 5.74) is 7.10. The molecule has 1 saturated heterocycles. The largest absolute Gasteiger partial charge is 0.481 e. The van der Waals surface area contributed by atoms with E-state index in [1.54, 1.807) is 12.5 Å². The van der Waals surface area contributed by atoms with Crippen molar-refractivity contribution >= 4 is 24.8 Å². The maximum Gasteiger partial charge on any atom is 0.481 e. The Morgan fingerprint density at radius 2 is 1.86 bits per heavy atom. The van der Waals surface area contributed by atoms with Crippen molar-refractivity contribution in [3.63, 3.8) is 0 Å². The summed E-state index contributed by atoms with van der Waals surface area (Å²) in [5.74, 6) is -0.592. The minimum Gasteiger partial charge on any atom is -0.404 e. The predicted molar refractivity (Wildman–Crippen MR) is 164 cm³/mol. The molecule has 2 bridgehead atoms. The summed E-state index contributed by atoms with van der Waals surface area (Å²) >= 11 is 0. The zero-order chi connectivity index (χ0) is 32.5. The van der Waals surface area contributed by atoms with Crippen LogP contribution in [-0.2, 0) is 33.1 Å². The van der Waals surface area contributed by atoms with Gasteiger partial charge in [0.2, 0.25) is 5.91 Å². The van der Waals surface area contributed by atoms with Crippen molar-refractivity contribution < 1.29 is 38.1 Å². The number of rotatable bonds is 20. The first-order valence-electron chi connectivity index (χ1n) is 15.8. The number of carbonyl (C=O) groups is 2. The quantitative estimate of drug-likeness (QED) is 0.0448. The molecule has 44 heavy (non-hydrogen) atoms. The Bertz CT molecular complexity index is 1020. The Kier molecular flexibility index (Phi) is 13.4. The molecule has 250 valence electrons. The predicted octanol–water partition coefficient (Wildman–Crippen LogP) is 1.92. The molecule has 6 atom stereocenters. The summed E-state index contributed by atoms with van der Waals surface area (Å²) in [7, 11) is 1.01. The van der Waals surface area contributed by atoms with Crippen molar-refractivity contribution in [2.45, 2.75) is 90.8 Å². The van der Waals surface area contributed by atoms with E-state index in [-0.39, 0.29) is 67.2 Å². The lowest BCUT2D eigenvalue weighted by Crippen LogP contribution is -2.65. The van der Waals surface area contributed by atoms with Gasteiger partial charge in [-0.1, -0.05) is 33.1 Å². The maximum absolute atomic E-state index is 13.7. The number of ketones is 1. The van der Waals surface area contributed by atoms with Crippen LogP contribution in [0.15, 0.2) is 4.99 Å². The van der Waals surface area contributed by atoms with Crippen LogP contribution < -0.4 is 16.5 Å². The second kappa shape index (κ2) is 16.3. The number of carbonyl (C=O) groups excluding carboxylic acids is 2. The number of nitro groups is 1. The average Bonchev–Trinajstić information content (AvgIpc) is 3.30. The highest BCUT2D eigenvalue weighted by Crippen LogP contribution is 2.65. The van der Waals surface area contributed by atoms with Crippen LogP contribution in [0.3, 0.4) is 0 Å². The van der Waals surface area contributed by atoms with Crippen LogP contribution >= 0.6 is 0 Å². The van der Waals surface area contributed by atoms with Gasteiger partial charge in [-0.05, 0) is 62.2 Å². The molecular weight excluding hydrogens is 573 g/mol. The van der Waals surface area contributed by atoms with Crippen LogP contribution in [-0.4, -0.2) is 94.1 Å². The van der Waals surface area contributed by atoms with Crippen molar-refractivity contribution in [3.8, 4) is 0 Å². The number of nitrogens with two attached hydrogens (primary N) is 1. The maximum atomic E-state index is 13.7. The monoisotopic (exact) mass is 625 g/mol. The molecular formula is C29H52BN5O9. The van der Waals surface area contributed by atoms with Crippen molar-refractivity contribution in [2.24, 2.45) is 39.8 Å². The summed E-state index contributed by atoms with van der Waals surface area (Å²) in [4.78, 5) is 41.1. The standard InChI is InChI=1S/C29H52BN5O9/c1-19(2)14-25(30-43-24-17-21-16-23(28(21,3)4)29(24,5)44-30)33-26(37)20(8-7-9-32-27(31)34-35(38)39)15-22(36)18-42-13-12-41-11-10-40-6/h19-21,23-25H,7-18H2,1-6H3,(H,33,37)(H3,31,32,34)/t20-,21-,23-,24-,25+,29+/m1/s1. The highest BCUT2D eigenvalue weighted by Gasteiger charge is 2.68. The van der Waals surface area contributed by atoms with Gasteiger partial charge in [0.05, 0.1) is 44.1 Å². The second-order valence-electron chi connectivity index (χ2n) is 13.5. The summed E-state index contributed by atoms with van der Waals surface area (Å²) in [5, 5.41) is 13.0. The van der Waals surface area contributed by atoms with Crippen LogP contribution in [0, 0.1) is 39.2 Å². The molecule has 15 heteroatoms. The third kappa shape index (κ3) is 9.59. The van der Waals surface area contributed by atoms with E-state index >= 15 is 0 Å². The molecule has 4 N–H and O–H groups in total. The molecule has 14 nitrogen and oxygen atoms in total. The third-order valence-electron chi connectivity index (χ3n) is 9.46. The Balaban J connectivity index is 1.63. The third-order valence-corrected chi connectivity index (χ3v) is 9.46. The van der Waals surface area contributed by atoms with E-state index in [2.05, 4.69) is 44.9 Å². The minimum atomic E-state index is -0.792. The van der Waals surface area contributed by atoms with Gasteiger partial charge in [-0.2, -0.15) is 0 Å². The summed E-state index contributed by atoms with van der Waals surface area (Å²) < 4.78 is 28.9. The molecule has 1 aliphatic heterocycles. The Morgan fingerprint density at radius 3 is 2.52 bits per heavy atom. The van der Waals surface area contributed by atoms with Crippen molar-refractivity contribution in [1.29, 1.82) is 0 Å². The molecule has 3 saturated carbocycles. The molecule has 0 unspecified atom stereocenters. The van der Waals surface area contributed by atoms with Crippen LogP contribution in [0.4, 0.5) is 0 Å². The van der Waals surface area contributed by atoms with E-state index in [0.29, 0.717) is 50.9 Å². The molecule has 1 heterocycles. The molecule has 0 spiro atoms. The van der Waals surface area contributed by atoms with Gasteiger partial charge in [0.15, 0.2) is 10.8 Å². The van der Waals surface area contributed by atoms with Gasteiger partial charge in [-0.3, -0.25) is 9.59 Å². The van der Waals surface area contributed by atoms with Gasteiger partial charge in [-0.25, -0.2) is 15.1 Å². The fraction of sp³-hybridized carbons (Fsp3) is 0.897. The topological polar surface area (TPSA) is 186 Å². The number of Topliss-reactive ketones (excluding diaryl/α,β-unsaturated/α-hetero) is 1. The first-order valence-corrected chi connectivity index (χ1v) is 15.8. The molecule has 4 rings (SSSR count). The summed E-state index contributed by atoms with van der Waals surface area (Å²) in [6.07, 6.45) is 3.41. The van der Waals surface area contributed by atoms with Gasteiger partial charge in [0.1, 0.15) is 6.61 Å². The Hall–Kier alpha value is -2.33. The fourth-order valence-electron chi connectivity index (χ4n) is 6.99. The number of hydrogen-bond acceptors (Lipinski definition) is 10. The smallest absolute Gasteiger partial charge is 0.404 e. The first-order chi connectivity index (χ1) is 20.8. The van der Waals surface area contributed by atoms with Crippen molar-refractivity contribution in [1.82, 2.24) is 10.7 Å². The van der Waals surface area contributed by atoms with Crippen LogP contribution in [0.5, 0.6) is 0 Å². The number of aliphatic imine (C=N–C) groups is 1. The first kappa shape index (κ1) is 36.1. The average molecular weight is 626 g/mol. The van der Waals surface area contributed by atoms with E-state index < -0.39 is 23.7 Å². The highest BCUT2D eigenvalue weighted by molar-refractivity contribution is 6.47. The molecule has 0 radical (unpaired) electrons.